The van der Waals surface area contributed by atoms with Gasteiger partial charge in [-0.1, -0.05) is 30.3 Å². The molecule has 3 aromatic carbocycles. The fourth-order valence-electron chi connectivity index (χ4n) is 3.12. The van der Waals surface area contributed by atoms with Gasteiger partial charge in [-0.15, -0.1) is 0 Å². The van der Waals surface area contributed by atoms with Crippen LogP contribution in [-0.2, 0) is 9.84 Å². The number of hydrogen-bond donors (Lipinski definition) is 2. The molecule has 3 aromatic rings. The zero-order valence-electron chi connectivity index (χ0n) is 19.0. The molecular formula is C24H25N3O7S. The lowest BCUT2D eigenvalue weighted by molar-refractivity contribution is -0.384. The zero-order chi connectivity index (χ0) is 25.3. The van der Waals surface area contributed by atoms with Gasteiger partial charge in [0.2, 0.25) is 0 Å². The minimum absolute atomic E-state index is 0.145. The molecule has 0 saturated carbocycles. The first-order chi connectivity index (χ1) is 16.8. The third-order valence-corrected chi connectivity index (χ3v) is 5.91. The number of nitro groups is 1. The topological polar surface area (TPSA) is 137 Å². The van der Waals surface area contributed by atoms with Crippen molar-refractivity contribution in [2.24, 2.45) is 0 Å². The number of amides is 1. The summed E-state index contributed by atoms with van der Waals surface area (Å²) < 4.78 is 34.6. The normalized spacial score (nSPS) is 10.9. The minimum Gasteiger partial charge on any atom is -0.490 e. The van der Waals surface area contributed by atoms with Crippen LogP contribution in [0.25, 0.3) is 0 Å². The van der Waals surface area contributed by atoms with Gasteiger partial charge in [-0.2, -0.15) is 0 Å². The molecule has 10 nitrogen and oxygen atoms in total. The fraction of sp³-hybridized carbons (Fsp3) is 0.208. The Hall–Kier alpha value is -4.12. The first-order valence-corrected chi connectivity index (χ1v) is 12.5. The molecule has 0 aliphatic carbocycles. The number of para-hydroxylation sites is 2. The van der Waals surface area contributed by atoms with Crippen molar-refractivity contribution in [3.8, 4) is 11.5 Å². The molecule has 0 fully saturated rings. The van der Waals surface area contributed by atoms with Crippen LogP contribution in [0.15, 0.2) is 77.7 Å². The van der Waals surface area contributed by atoms with E-state index in [2.05, 4.69) is 10.6 Å². The summed E-state index contributed by atoms with van der Waals surface area (Å²) in [5.74, 6) is 0.760. The van der Waals surface area contributed by atoms with Gasteiger partial charge in [0.1, 0.15) is 30.4 Å². The molecule has 184 valence electrons. The summed E-state index contributed by atoms with van der Waals surface area (Å²) >= 11 is 0. The summed E-state index contributed by atoms with van der Waals surface area (Å²) in [6, 6.07) is 19.7. The van der Waals surface area contributed by atoms with E-state index in [1.807, 2.05) is 30.3 Å². The molecule has 2 N–H and O–H groups in total. The molecule has 0 aromatic heterocycles. The predicted molar refractivity (Wildman–Crippen MR) is 131 cm³/mol. The number of nitro benzene ring substituents is 1. The number of anilines is 1. The Kier molecular flexibility index (Phi) is 8.63. The summed E-state index contributed by atoms with van der Waals surface area (Å²) in [6.07, 6.45) is 0.979. The molecule has 3 rings (SSSR count). The Bertz CT molecular complexity index is 1280. The van der Waals surface area contributed by atoms with Gasteiger partial charge >= 0.3 is 0 Å². The van der Waals surface area contributed by atoms with Crippen LogP contribution in [-0.4, -0.2) is 51.8 Å². The largest absolute Gasteiger partial charge is 0.490 e. The highest BCUT2D eigenvalue weighted by atomic mass is 32.2. The summed E-state index contributed by atoms with van der Waals surface area (Å²) in [7, 11) is -3.58. The maximum atomic E-state index is 12.6. The molecule has 0 unspecified atom stereocenters. The van der Waals surface area contributed by atoms with Crippen LogP contribution >= 0.6 is 0 Å². The van der Waals surface area contributed by atoms with Crippen molar-refractivity contribution < 1.29 is 27.6 Å². The first kappa shape index (κ1) is 25.5. The Morgan fingerprint density at radius 2 is 1.63 bits per heavy atom. The molecule has 0 radical (unpaired) electrons. The maximum Gasteiger partial charge on any atom is 0.293 e. The standard InChI is InChI=1S/C24H25N3O7S/c1-35(31,32)19-11-12-21(22(17-19)27(29)30)25-13-14-26-24(28)20-9-5-6-10-23(20)34-16-15-33-18-7-3-2-4-8-18/h2-12,17,25H,13-16H2,1H3,(H,26,28). The van der Waals surface area contributed by atoms with Crippen molar-refractivity contribution >= 4 is 27.1 Å². The smallest absolute Gasteiger partial charge is 0.293 e. The van der Waals surface area contributed by atoms with E-state index in [4.69, 9.17) is 9.47 Å². The second-order valence-electron chi connectivity index (χ2n) is 7.40. The number of rotatable bonds is 12. The number of carbonyl (C=O) groups is 1. The van der Waals surface area contributed by atoms with Gasteiger partial charge in [0.25, 0.3) is 11.6 Å². The van der Waals surface area contributed by atoms with Gasteiger partial charge in [0, 0.05) is 25.4 Å². The van der Waals surface area contributed by atoms with E-state index in [1.165, 1.54) is 12.1 Å². The number of nitrogens with one attached hydrogen (secondary N) is 2. The lowest BCUT2D eigenvalue weighted by atomic mass is 10.2. The highest BCUT2D eigenvalue weighted by molar-refractivity contribution is 7.90. The number of nitrogens with zero attached hydrogens (tertiary/aromatic N) is 1. The minimum atomic E-state index is -3.58. The van der Waals surface area contributed by atoms with Gasteiger partial charge < -0.3 is 20.1 Å². The van der Waals surface area contributed by atoms with Crippen LogP contribution in [0.4, 0.5) is 11.4 Å². The summed E-state index contributed by atoms with van der Waals surface area (Å²) in [4.78, 5) is 23.2. The van der Waals surface area contributed by atoms with Crippen LogP contribution < -0.4 is 20.1 Å². The van der Waals surface area contributed by atoms with E-state index in [-0.39, 0.29) is 41.9 Å². The number of carbonyl (C=O) groups excluding carboxylic acids is 1. The van der Waals surface area contributed by atoms with E-state index in [0.29, 0.717) is 17.9 Å². The van der Waals surface area contributed by atoms with Crippen molar-refractivity contribution in [2.75, 3.05) is 37.9 Å². The average Bonchev–Trinajstić information content (AvgIpc) is 2.84. The summed E-state index contributed by atoms with van der Waals surface area (Å²) in [5.41, 5.74) is 0.130. The predicted octanol–water partition coefficient (Wildman–Crippen LogP) is 3.30. The molecular weight excluding hydrogens is 474 g/mol. The number of sulfone groups is 1. The molecule has 0 spiro atoms. The Morgan fingerprint density at radius 3 is 2.34 bits per heavy atom. The molecule has 0 aliphatic rings. The van der Waals surface area contributed by atoms with E-state index >= 15 is 0 Å². The Labute approximate surface area is 203 Å². The third-order valence-electron chi connectivity index (χ3n) is 4.80. The quantitative estimate of drug-likeness (QED) is 0.220. The second-order valence-corrected chi connectivity index (χ2v) is 9.41. The SMILES string of the molecule is CS(=O)(=O)c1ccc(NCCNC(=O)c2ccccc2OCCOc2ccccc2)c([N+](=O)[O-])c1. The summed E-state index contributed by atoms with van der Waals surface area (Å²) in [5, 5.41) is 16.9. The molecule has 0 atom stereocenters. The van der Waals surface area contributed by atoms with Gasteiger partial charge in [0.05, 0.1) is 15.4 Å². The van der Waals surface area contributed by atoms with Crippen molar-refractivity contribution in [3.05, 3.63) is 88.5 Å². The second kappa shape index (κ2) is 11.8. The van der Waals surface area contributed by atoms with E-state index in [1.54, 1.807) is 24.3 Å². The average molecular weight is 500 g/mol. The molecule has 0 bridgehead atoms. The maximum absolute atomic E-state index is 12.6. The van der Waals surface area contributed by atoms with Crippen molar-refractivity contribution in [1.82, 2.24) is 5.32 Å². The van der Waals surface area contributed by atoms with E-state index in [0.717, 1.165) is 18.1 Å². The lowest BCUT2D eigenvalue weighted by Crippen LogP contribution is -2.29. The number of benzene rings is 3. The van der Waals surface area contributed by atoms with E-state index in [9.17, 15) is 23.3 Å². The highest BCUT2D eigenvalue weighted by Gasteiger charge is 2.18. The van der Waals surface area contributed by atoms with Gasteiger partial charge in [0.15, 0.2) is 9.84 Å². The van der Waals surface area contributed by atoms with Crippen LogP contribution in [0, 0.1) is 10.1 Å². The lowest BCUT2D eigenvalue weighted by Gasteiger charge is -2.13. The Morgan fingerprint density at radius 1 is 0.943 bits per heavy atom. The molecule has 1 amide bonds. The van der Waals surface area contributed by atoms with Gasteiger partial charge in [-0.05, 0) is 36.4 Å². The van der Waals surface area contributed by atoms with Crippen molar-refractivity contribution in [2.45, 2.75) is 4.90 Å². The fourth-order valence-corrected chi connectivity index (χ4v) is 3.76. The van der Waals surface area contributed by atoms with Crippen molar-refractivity contribution in [1.29, 1.82) is 0 Å². The van der Waals surface area contributed by atoms with Crippen molar-refractivity contribution in [3.63, 3.8) is 0 Å². The Balaban J connectivity index is 1.52. The first-order valence-electron chi connectivity index (χ1n) is 10.7. The molecule has 0 heterocycles. The van der Waals surface area contributed by atoms with Crippen LogP contribution in [0.1, 0.15) is 10.4 Å². The van der Waals surface area contributed by atoms with Gasteiger partial charge in [-0.25, -0.2) is 8.42 Å². The highest BCUT2D eigenvalue weighted by Crippen LogP contribution is 2.27. The molecule has 0 aliphatic heterocycles. The molecule has 0 saturated heterocycles. The summed E-state index contributed by atoms with van der Waals surface area (Å²) in [6.45, 7) is 0.892. The third kappa shape index (κ3) is 7.44. The molecule has 11 heteroatoms. The van der Waals surface area contributed by atoms with E-state index < -0.39 is 14.8 Å². The van der Waals surface area contributed by atoms with Crippen LogP contribution in [0.2, 0.25) is 0 Å². The number of hydrogen-bond acceptors (Lipinski definition) is 8. The monoisotopic (exact) mass is 499 g/mol. The van der Waals surface area contributed by atoms with Crippen LogP contribution in [0.3, 0.4) is 0 Å². The molecule has 35 heavy (non-hydrogen) atoms. The van der Waals surface area contributed by atoms with Crippen LogP contribution in [0.5, 0.6) is 11.5 Å². The van der Waals surface area contributed by atoms with Gasteiger partial charge in [-0.3, -0.25) is 14.9 Å². The zero-order valence-corrected chi connectivity index (χ0v) is 19.8. The number of ether oxygens (including phenoxy) is 2.